The summed E-state index contributed by atoms with van der Waals surface area (Å²) >= 11 is 0. The molecule has 0 aliphatic carbocycles. The molecule has 2 aromatic carbocycles. The van der Waals surface area contributed by atoms with Crippen LogP contribution in [0.25, 0.3) is 11.5 Å². The number of aromatic nitrogens is 2. The molecule has 8 heteroatoms. The van der Waals surface area contributed by atoms with Crippen LogP contribution in [-0.2, 0) is 6.54 Å². The molecule has 0 N–H and O–H groups in total. The lowest BCUT2D eigenvalue weighted by atomic mass is 10.2. The van der Waals surface area contributed by atoms with Gasteiger partial charge in [-0.3, -0.25) is 15.0 Å². The largest absolute Gasteiger partial charge is 0.490 e. The zero-order valence-corrected chi connectivity index (χ0v) is 16.3. The average Bonchev–Trinajstić information content (AvgIpc) is 3.23. The molecule has 0 bridgehead atoms. The molecule has 0 aliphatic heterocycles. The molecule has 29 heavy (non-hydrogen) atoms. The van der Waals surface area contributed by atoms with Crippen molar-refractivity contribution in [3.63, 3.8) is 0 Å². The molecule has 0 spiro atoms. The van der Waals surface area contributed by atoms with Crippen molar-refractivity contribution < 1.29 is 14.1 Å². The molecule has 1 atom stereocenters. The first kappa shape index (κ1) is 20.2. The van der Waals surface area contributed by atoms with Crippen LogP contribution in [0, 0.1) is 10.1 Å². The first-order valence-corrected chi connectivity index (χ1v) is 9.09. The van der Waals surface area contributed by atoms with Gasteiger partial charge < -0.3 is 9.15 Å². The molecule has 0 saturated heterocycles. The van der Waals surface area contributed by atoms with E-state index in [-0.39, 0.29) is 11.7 Å². The maximum atomic E-state index is 10.8. The summed E-state index contributed by atoms with van der Waals surface area (Å²) in [5, 5.41) is 19.0. The van der Waals surface area contributed by atoms with Crippen LogP contribution >= 0.6 is 0 Å². The number of nitro benzene ring substituents is 1. The minimum absolute atomic E-state index is 0.0162. The molecule has 0 aliphatic rings. The molecule has 3 rings (SSSR count). The Labute approximate surface area is 168 Å². The zero-order valence-electron chi connectivity index (χ0n) is 16.3. The lowest BCUT2D eigenvalue weighted by Crippen LogP contribution is -2.22. The Balaban J connectivity index is 1.64. The molecule has 0 unspecified atom stereocenters. The summed E-state index contributed by atoms with van der Waals surface area (Å²) in [5.74, 6) is 1.61. The third kappa shape index (κ3) is 5.05. The van der Waals surface area contributed by atoms with Crippen LogP contribution in [0.5, 0.6) is 5.75 Å². The summed E-state index contributed by atoms with van der Waals surface area (Å²) in [4.78, 5) is 12.4. The summed E-state index contributed by atoms with van der Waals surface area (Å²) in [7, 11) is 1.97. The predicted molar refractivity (Wildman–Crippen MR) is 108 cm³/mol. The van der Waals surface area contributed by atoms with Gasteiger partial charge in [0, 0.05) is 24.2 Å². The number of rotatable bonds is 9. The molecule has 0 fully saturated rings. The maximum absolute atomic E-state index is 10.8. The van der Waals surface area contributed by atoms with E-state index in [1.165, 1.54) is 12.1 Å². The Kier molecular flexibility index (Phi) is 6.36. The molecule has 3 aromatic rings. The van der Waals surface area contributed by atoms with E-state index >= 15 is 0 Å². The highest BCUT2D eigenvalue weighted by Gasteiger charge is 2.19. The van der Waals surface area contributed by atoms with Crippen molar-refractivity contribution in [1.29, 1.82) is 0 Å². The van der Waals surface area contributed by atoms with Crippen molar-refractivity contribution in [2.45, 2.75) is 19.5 Å². The first-order valence-electron chi connectivity index (χ1n) is 9.09. The normalized spacial score (nSPS) is 12.0. The van der Waals surface area contributed by atoms with E-state index in [0.29, 0.717) is 30.5 Å². The van der Waals surface area contributed by atoms with Gasteiger partial charge in [0.05, 0.1) is 11.0 Å². The molecule has 0 amide bonds. The molecule has 8 nitrogen and oxygen atoms in total. The van der Waals surface area contributed by atoms with Crippen molar-refractivity contribution in [1.82, 2.24) is 15.1 Å². The number of nitrogens with zero attached hydrogens (tertiary/aromatic N) is 4. The van der Waals surface area contributed by atoms with Crippen LogP contribution in [0.3, 0.4) is 0 Å². The van der Waals surface area contributed by atoms with E-state index in [1.807, 2.05) is 38.2 Å². The average molecular weight is 394 g/mol. The summed E-state index contributed by atoms with van der Waals surface area (Å²) < 4.78 is 11.3. The van der Waals surface area contributed by atoms with Crippen molar-refractivity contribution in [3.8, 4) is 17.2 Å². The minimum atomic E-state index is -0.446. The van der Waals surface area contributed by atoms with E-state index in [1.54, 1.807) is 18.2 Å². The highest BCUT2D eigenvalue weighted by molar-refractivity contribution is 5.55. The van der Waals surface area contributed by atoms with Crippen LogP contribution in [-0.4, -0.2) is 33.7 Å². The van der Waals surface area contributed by atoms with Gasteiger partial charge in [-0.2, -0.15) is 0 Å². The van der Waals surface area contributed by atoms with Gasteiger partial charge in [-0.25, -0.2) is 0 Å². The van der Waals surface area contributed by atoms with Gasteiger partial charge in [0.1, 0.15) is 12.4 Å². The minimum Gasteiger partial charge on any atom is -0.490 e. The van der Waals surface area contributed by atoms with Gasteiger partial charge in [-0.05, 0) is 43.8 Å². The van der Waals surface area contributed by atoms with E-state index in [0.717, 1.165) is 11.3 Å². The zero-order chi connectivity index (χ0) is 20.8. The van der Waals surface area contributed by atoms with Gasteiger partial charge in [-0.15, -0.1) is 10.2 Å². The van der Waals surface area contributed by atoms with Crippen molar-refractivity contribution in [2.24, 2.45) is 0 Å². The third-order valence-electron chi connectivity index (χ3n) is 4.51. The second-order valence-corrected chi connectivity index (χ2v) is 6.58. The Morgan fingerprint density at radius 1 is 1.21 bits per heavy atom. The molecule has 150 valence electrons. The quantitative estimate of drug-likeness (QED) is 0.301. The highest BCUT2D eigenvalue weighted by atomic mass is 16.6. The van der Waals surface area contributed by atoms with Gasteiger partial charge >= 0.3 is 0 Å². The number of hydrogen-bond acceptors (Lipinski definition) is 7. The second kappa shape index (κ2) is 9.11. The molecular formula is C21H22N4O4. The predicted octanol–water partition coefficient (Wildman–Crippen LogP) is 4.40. The number of nitro groups is 1. The summed E-state index contributed by atoms with van der Waals surface area (Å²) in [6.07, 6.45) is 1.71. The maximum Gasteiger partial charge on any atom is 0.269 e. The third-order valence-corrected chi connectivity index (χ3v) is 4.51. The van der Waals surface area contributed by atoms with Gasteiger partial charge in [-0.1, -0.05) is 24.8 Å². The fourth-order valence-corrected chi connectivity index (χ4v) is 2.71. The lowest BCUT2D eigenvalue weighted by molar-refractivity contribution is -0.384. The molecule has 0 radical (unpaired) electrons. The number of hydrogen-bond donors (Lipinski definition) is 0. The van der Waals surface area contributed by atoms with Crippen molar-refractivity contribution in [2.75, 3.05) is 13.7 Å². The molecule has 1 aromatic heterocycles. The topological polar surface area (TPSA) is 94.5 Å². The summed E-state index contributed by atoms with van der Waals surface area (Å²) in [6, 6.07) is 13.8. The summed E-state index contributed by atoms with van der Waals surface area (Å²) in [5.41, 5.74) is 1.78. The second-order valence-electron chi connectivity index (χ2n) is 6.58. The first-order chi connectivity index (χ1) is 14.0. The van der Waals surface area contributed by atoms with Crippen molar-refractivity contribution >= 4 is 5.69 Å². The van der Waals surface area contributed by atoms with Gasteiger partial charge in [0.25, 0.3) is 5.69 Å². The number of benzene rings is 2. The van der Waals surface area contributed by atoms with E-state index in [4.69, 9.17) is 9.15 Å². The number of non-ortho nitro benzene ring substituents is 1. The molecule has 1 heterocycles. The van der Waals surface area contributed by atoms with Crippen LogP contribution in [0.4, 0.5) is 5.69 Å². The Bertz CT molecular complexity index is 967. The van der Waals surface area contributed by atoms with Gasteiger partial charge in [0.2, 0.25) is 11.8 Å². The van der Waals surface area contributed by atoms with E-state index < -0.39 is 4.92 Å². The van der Waals surface area contributed by atoms with Crippen LogP contribution in [0.1, 0.15) is 24.4 Å². The van der Waals surface area contributed by atoms with E-state index in [2.05, 4.69) is 21.7 Å². The fraction of sp³-hybridized carbons (Fsp3) is 0.238. The van der Waals surface area contributed by atoms with E-state index in [9.17, 15) is 10.1 Å². The fourth-order valence-electron chi connectivity index (χ4n) is 2.71. The standard InChI is InChI=1S/C21H22N4O4/c1-4-13-28-19-11-5-16(6-12-19)14-24(3)15(2)20-22-23-21(29-20)17-7-9-18(10-8-17)25(26)27/h4-12,15H,1,13-14H2,2-3H3/t15-/m0/s1. The Morgan fingerprint density at radius 3 is 2.52 bits per heavy atom. The molecular weight excluding hydrogens is 372 g/mol. The number of ether oxygens (including phenoxy) is 1. The van der Waals surface area contributed by atoms with Gasteiger partial charge in [0.15, 0.2) is 0 Å². The SMILES string of the molecule is C=CCOc1ccc(CN(C)[C@@H](C)c2nnc(-c3ccc([N+](=O)[O-])cc3)o2)cc1. The monoisotopic (exact) mass is 394 g/mol. The smallest absolute Gasteiger partial charge is 0.269 e. The highest BCUT2D eigenvalue weighted by Crippen LogP contribution is 2.26. The lowest BCUT2D eigenvalue weighted by Gasteiger charge is -2.21. The Morgan fingerprint density at radius 2 is 1.90 bits per heavy atom. The van der Waals surface area contributed by atoms with Crippen LogP contribution < -0.4 is 4.74 Å². The van der Waals surface area contributed by atoms with Crippen molar-refractivity contribution in [3.05, 3.63) is 82.8 Å². The Hall–Kier alpha value is -3.52. The van der Waals surface area contributed by atoms with Crippen LogP contribution in [0.15, 0.2) is 65.6 Å². The van der Waals surface area contributed by atoms with Crippen LogP contribution in [0.2, 0.25) is 0 Å². The molecule has 0 saturated carbocycles. The summed E-state index contributed by atoms with van der Waals surface area (Å²) in [6.45, 7) is 6.78.